The van der Waals surface area contributed by atoms with Crippen LogP contribution in [0.4, 0.5) is 4.39 Å². The molecule has 2 heterocycles. The van der Waals surface area contributed by atoms with E-state index in [1.54, 1.807) is 36.7 Å². The number of hydrogen-bond donors (Lipinski definition) is 1. The van der Waals surface area contributed by atoms with E-state index in [0.717, 1.165) is 5.56 Å². The van der Waals surface area contributed by atoms with E-state index in [0.29, 0.717) is 23.7 Å². The third kappa shape index (κ3) is 6.41. The van der Waals surface area contributed by atoms with Gasteiger partial charge in [0.15, 0.2) is 11.6 Å². The number of nitrogens with zero attached hydrogens (tertiary/aromatic N) is 2. The van der Waals surface area contributed by atoms with Crippen molar-refractivity contribution in [3.05, 3.63) is 84.1 Å². The standard InChI is InChI=1S/C23H22FN3O3/c1-16(2)29-23-10-7-18(14-27-23)13-26-22(28)9-6-17-5-8-21(20(24)12-17)30-19-4-3-11-25-15-19/h3-12,14-16H,13H2,1-2H3,(H,26,28)/b9-6+. The molecule has 0 aliphatic rings. The van der Waals surface area contributed by atoms with E-state index in [1.165, 1.54) is 30.5 Å². The van der Waals surface area contributed by atoms with Gasteiger partial charge in [-0.15, -0.1) is 0 Å². The van der Waals surface area contributed by atoms with Crippen LogP contribution in [0.3, 0.4) is 0 Å². The van der Waals surface area contributed by atoms with Crippen molar-refractivity contribution < 1.29 is 18.7 Å². The van der Waals surface area contributed by atoms with Crippen LogP contribution in [0.1, 0.15) is 25.0 Å². The van der Waals surface area contributed by atoms with Gasteiger partial charge >= 0.3 is 0 Å². The molecule has 0 spiro atoms. The highest BCUT2D eigenvalue weighted by Gasteiger charge is 2.06. The molecule has 0 atom stereocenters. The molecule has 154 valence electrons. The van der Waals surface area contributed by atoms with Gasteiger partial charge in [-0.05, 0) is 55.3 Å². The molecule has 0 saturated heterocycles. The molecule has 0 fully saturated rings. The lowest BCUT2D eigenvalue weighted by Crippen LogP contribution is -2.20. The Labute approximate surface area is 174 Å². The first-order valence-electron chi connectivity index (χ1n) is 9.44. The van der Waals surface area contributed by atoms with Crippen LogP contribution < -0.4 is 14.8 Å². The number of amides is 1. The molecule has 3 aromatic rings. The molecule has 0 radical (unpaired) electrons. The Bertz CT molecular complexity index is 1010. The number of halogens is 1. The summed E-state index contributed by atoms with van der Waals surface area (Å²) in [6, 6.07) is 11.5. The second-order valence-electron chi connectivity index (χ2n) is 6.70. The van der Waals surface area contributed by atoms with Gasteiger partial charge in [-0.25, -0.2) is 9.37 Å². The van der Waals surface area contributed by atoms with Crippen LogP contribution in [0, 0.1) is 5.82 Å². The van der Waals surface area contributed by atoms with E-state index in [2.05, 4.69) is 15.3 Å². The van der Waals surface area contributed by atoms with Crippen LogP contribution in [0.2, 0.25) is 0 Å². The molecule has 0 bridgehead atoms. The normalized spacial score (nSPS) is 10.9. The molecule has 0 aliphatic heterocycles. The van der Waals surface area contributed by atoms with Crippen LogP contribution in [0.5, 0.6) is 17.4 Å². The SMILES string of the molecule is CC(C)Oc1ccc(CNC(=O)/C=C/c2ccc(Oc3cccnc3)c(F)c2)cn1. The van der Waals surface area contributed by atoms with Crippen molar-refractivity contribution in [1.29, 1.82) is 0 Å². The van der Waals surface area contributed by atoms with Gasteiger partial charge in [0, 0.05) is 31.1 Å². The van der Waals surface area contributed by atoms with Crippen LogP contribution in [0.15, 0.2) is 67.1 Å². The number of ether oxygens (including phenoxy) is 2. The average Bonchev–Trinajstić information content (AvgIpc) is 2.74. The predicted molar refractivity (Wildman–Crippen MR) is 112 cm³/mol. The van der Waals surface area contributed by atoms with Gasteiger partial charge in [0.05, 0.1) is 12.3 Å². The Balaban J connectivity index is 1.52. The summed E-state index contributed by atoms with van der Waals surface area (Å²) >= 11 is 0. The fourth-order valence-corrected chi connectivity index (χ4v) is 2.48. The Morgan fingerprint density at radius 1 is 1.20 bits per heavy atom. The summed E-state index contributed by atoms with van der Waals surface area (Å²) in [7, 11) is 0. The Hall–Kier alpha value is -3.74. The maximum absolute atomic E-state index is 14.2. The topological polar surface area (TPSA) is 73.3 Å². The second kappa shape index (κ2) is 10.2. The van der Waals surface area contributed by atoms with E-state index in [1.807, 2.05) is 19.9 Å². The summed E-state index contributed by atoms with van der Waals surface area (Å²) < 4.78 is 25.2. The number of carbonyl (C=O) groups excluding carboxylic acids is 1. The summed E-state index contributed by atoms with van der Waals surface area (Å²) in [4.78, 5) is 20.1. The summed E-state index contributed by atoms with van der Waals surface area (Å²) in [5.74, 6) is 0.238. The zero-order valence-corrected chi connectivity index (χ0v) is 16.7. The third-order valence-corrected chi connectivity index (χ3v) is 3.87. The van der Waals surface area contributed by atoms with Crippen molar-refractivity contribution in [2.45, 2.75) is 26.5 Å². The van der Waals surface area contributed by atoms with Crippen molar-refractivity contribution in [1.82, 2.24) is 15.3 Å². The fourth-order valence-electron chi connectivity index (χ4n) is 2.48. The molecule has 30 heavy (non-hydrogen) atoms. The Morgan fingerprint density at radius 3 is 2.73 bits per heavy atom. The molecule has 0 saturated carbocycles. The average molecular weight is 407 g/mol. The zero-order valence-electron chi connectivity index (χ0n) is 16.7. The zero-order chi connectivity index (χ0) is 21.3. The van der Waals surface area contributed by atoms with Crippen molar-refractivity contribution >= 4 is 12.0 Å². The predicted octanol–water partition coefficient (Wildman–Crippen LogP) is 4.52. The van der Waals surface area contributed by atoms with E-state index < -0.39 is 5.82 Å². The lowest BCUT2D eigenvalue weighted by atomic mass is 10.2. The largest absolute Gasteiger partial charge is 0.475 e. The van der Waals surface area contributed by atoms with E-state index in [-0.39, 0.29) is 17.8 Å². The number of benzene rings is 1. The van der Waals surface area contributed by atoms with E-state index >= 15 is 0 Å². The molecule has 1 amide bonds. The Kier molecular flexibility index (Phi) is 7.10. The molecule has 1 N–H and O–H groups in total. The molecule has 7 heteroatoms. The smallest absolute Gasteiger partial charge is 0.244 e. The Morgan fingerprint density at radius 2 is 2.07 bits per heavy atom. The van der Waals surface area contributed by atoms with E-state index in [4.69, 9.17) is 9.47 Å². The van der Waals surface area contributed by atoms with Gasteiger partial charge in [0.25, 0.3) is 0 Å². The lowest BCUT2D eigenvalue weighted by molar-refractivity contribution is -0.116. The van der Waals surface area contributed by atoms with Crippen LogP contribution in [-0.2, 0) is 11.3 Å². The maximum atomic E-state index is 14.2. The molecule has 0 unspecified atom stereocenters. The first kappa shape index (κ1) is 21.0. The number of rotatable bonds is 8. The van der Waals surface area contributed by atoms with Gasteiger partial charge in [0.1, 0.15) is 5.75 Å². The number of pyridine rings is 2. The fraction of sp³-hybridized carbons (Fsp3) is 0.174. The van der Waals surface area contributed by atoms with Gasteiger partial charge in [-0.3, -0.25) is 9.78 Å². The first-order valence-corrected chi connectivity index (χ1v) is 9.44. The number of carbonyl (C=O) groups is 1. The molecule has 1 aromatic carbocycles. The molecular weight excluding hydrogens is 385 g/mol. The highest BCUT2D eigenvalue weighted by molar-refractivity contribution is 5.91. The molecule has 3 rings (SSSR count). The minimum Gasteiger partial charge on any atom is -0.475 e. The summed E-state index contributed by atoms with van der Waals surface area (Å²) in [5.41, 5.74) is 1.38. The quantitative estimate of drug-likeness (QED) is 0.556. The number of hydrogen-bond acceptors (Lipinski definition) is 5. The lowest BCUT2D eigenvalue weighted by Gasteiger charge is -2.09. The minimum atomic E-state index is -0.531. The van der Waals surface area contributed by atoms with Crippen molar-refractivity contribution in [2.24, 2.45) is 0 Å². The summed E-state index contributed by atoms with van der Waals surface area (Å²) in [5, 5.41) is 2.76. The second-order valence-corrected chi connectivity index (χ2v) is 6.70. The molecular formula is C23H22FN3O3. The van der Waals surface area contributed by atoms with Crippen LogP contribution in [0.25, 0.3) is 6.08 Å². The third-order valence-electron chi connectivity index (χ3n) is 3.87. The number of nitrogens with one attached hydrogen (secondary N) is 1. The van der Waals surface area contributed by atoms with Crippen molar-refractivity contribution in [3.63, 3.8) is 0 Å². The van der Waals surface area contributed by atoms with Crippen molar-refractivity contribution in [3.8, 4) is 17.4 Å². The number of aromatic nitrogens is 2. The molecule has 6 nitrogen and oxygen atoms in total. The van der Waals surface area contributed by atoms with Gasteiger partial charge < -0.3 is 14.8 Å². The van der Waals surface area contributed by atoms with Gasteiger partial charge in [-0.1, -0.05) is 12.1 Å². The summed E-state index contributed by atoms with van der Waals surface area (Å²) in [6.07, 6.45) is 7.68. The monoisotopic (exact) mass is 407 g/mol. The minimum absolute atomic E-state index is 0.0500. The highest BCUT2D eigenvalue weighted by atomic mass is 19.1. The maximum Gasteiger partial charge on any atom is 0.244 e. The first-order chi connectivity index (χ1) is 14.5. The van der Waals surface area contributed by atoms with Crippen LogP contribution in [-0.4, -0.2) is 22.0 Å². The van der Waals surface area contributed by atoms with Crippen molar-refractivity contribution in [2.75, 3.05) is 0 Å². The molecule has 2 aromatic heterocycles. The highest BCUT2D eigenvalue weighted by Crippen LogP contribution is 2.24. The molecule has 0 aliphatic carbocycles. The van der Waals surface area contributed by atoms with Crippen LogP contribution >= 0.6 is 0 Å². The van der Waals surface area contributed by atoms with Gasteiger partial charge in [0.2, 0.25) is 11.8 Å². The summed E-state index contributed by atoms with van der Waals surface area (Å²) in [6.45, 7) is 4.18. The van der Waals surface area contributed by atoms with E-state index in [9.17, 15) is 9.18 Å². The van der Waals surface area contributed by atoms with Gasteiger partial charge in [-0.2, -0.15) is 0 Å².